The van der Waals surface area contributed by atoms with Gasteiger partial charge in [0.15, 0.2) is 23.0 Å². The van der Waals surface area contributed by atoms with E-state index in [1.54, 1.807) is 29.2 Å². The highest BCUT2D eigenvalue weighted by Crippen LogP contribution is 2.32. The van der Waals surface area contributed by atoms with Gasteiger partial charge in [0, 0.05) is 25.6 Å². The normalized spacial score (nSPS) is 11.8. The largest absolute Gasteiger partial charge is 0.454 e. The quantitative estimate of drug-likeness (QED) is 0.261. The van der Waals surface area contributed by atoms with Crippen molar-refractivity contribution in [2.24, 2.45) is 0 Å². The van der Waals surface area contributed by atoms with Crippen LogP contribution in [-0.2, 0) is 30.8 Å². The lowest BCUT2D eigenvalue weighted by atomic mass is 10.1. The van der Waals surface area contributed by atoms with Crippen molar-refractivity contribution in [3.63, 3.8) is 0 Å². The van der Waals surface area contributed by atoms with Crippen LogP contribution in [-0.4, -0.2) is 28.7 Å². The van der Waals surface area contributed by atoms with Crippen LogP contribution < -0.4 is 14.8 Å². The third kappa shape index (κ3) is 6.90. The third-order valence-corrected chi connectivity index (χ3v) is 6.95. The molecule has 3 aromatic carbocycles. The fourth-order valence-corrected chi connectivity index (χ4v) is 4.47. The average molecular weight is 566 g/mol. The lowest BCUT2D eigenvalue weighted by molar-refractivity contribution is -0.132. The van der Waals surface area contributed by atoms with Crippen LogP contribution in [0.3, 0.4) is 0 Å². The smallest absolute Gasteiger partial charge is 0.273 e. The fourth-order valence-electron chi connectivity index (χ4n) is 4.15. The Morgan fingerprint density at radius 3 is 2.46 bits per heavy atom. The highest BCUT2D eigenvalue weighted by molar-refractivity contribution is 6.42. The first-order valence-electron chi connectivity index (χ1n) is 12.3. The highest BCUT2D eigenvalue weighted by atomic mass is 35.5. The molecule has 0 unspecified atom stereocenters. The number of rotatable bonds is 10. The van der Waals surface area contributed by atoms with Gasteiger partial charge in [-0.15, -0.1) is 0 Å². The summed E-state index contributed by atoms with van der Waals surface area (Å²) >= 11 is 12.3. The minimum absolute atomic E-state index is 0.0739. The lowest BCUT2D eigenvalue weighted by Crippen LogP contribution is -2.30. The minimum atomic E-state index is -0.394. The molecule has 1 aliphatic heterocycles. The molecule has 1 aliphatic rings. The number of amides is 2. The number of benzene rings is 3. The summed E-state index contributed by atoms with van der Waals surface area (Å²) in [5.74, 6) is 1.24. The Kier molecular flexibility index (Phi) is 8.34. The molecule has 200 valence electrons. The predicted octanol–water partition coefficient (Wildman–Crippen LogP) is 5.80. The molecule has 8 nitrogen and oxygen atoms in total. The lowest BCUT2D eigenvalue weighted by Gasteiger charge is -2.22. The van der Waals surface area contributed by atoms with Gasteiger partial charge in [0.1, 0.15) is 0 Å². The Morgan fingerprint density at radius 2 is 1.64 bits per heavy atom. The molecule has 0 radical (unpaired) electrons. The number of aryl methyl sites for hydroxylation is 1. The standard InChI is InChI=1S/C29H25Cl2N3O5/c30-23-9-6-21(12-24(23)31)16-34(28(35)11-8-19-4-2-1-3-5-19)17-22-14-25(33-39-22)29(36)32-15-20-7-10-26-27(13-20)38-18-37-26/h1-7,9-10,12-14H,8,11,15-18H2,(H,32,36). The minimum Gasteiger partial charge on any atom is -0.454 e. The molecule has 0 saturated carbocycles. The van der Waals surface area contributed by atoms with Gasteiger partial charge >= 0.3 is 0 Å². The van der Waals surface area contributed by atoms with E-state index in [-0.39, 0.29) is 38.0 Å². The first-order valence-corrected chi connectivity index (χ1v) is 13.1. The van der Waals surface area contributed by atoms with E-state index in [1.807, 2.05) is 48.5 Å². The molecular weight excluding hydrogens is 541 g/mol. The number of aromatic nitrogens is 1. The van der Waals surface area contributed by atoms with Gasteiger partial charge in [0.2, 0.25) is 12.7 Å². The average Bonchev–Trinajstić information content (AvgIpc) is 3.62. The maximum atomic E-state index is 13.3. The predicted molar refractivity (Wildman–Crippen MR) is 146 cm³/mol. The molecular formula is C29H25Cl2N3O5. The van der Waals surface area contributed by atoms with Crippen LogP contribution in [0.4, 0.5) is 0 Å². The molecule has 4 aromatic rings. The number of carbonyl (C=O) groups excluding carboxylic acids is 2. The Morgan fingerprint density at radius 1 is 0.846 bits per heavy atom. The second-order valence-corrected chi connectivity index (χ2v) is 9.85. The van der Waals surface area contributed by atoms with Crippen molar-refractivity contribution in [1.82, 2.24) is 15.4 Å². The zero-order chi connectivity index (χ0) is 27.2. The summed E-state index contributed by atoms with van der Waals surface area (Å²) in [6.07, 6.45) is 0.907. The fraction of sp³-hybridized carbons (Fsp3) is 0.207. The van der Waals surface area contributed by atoms with Crippen LogP contribution in [0, 0.1) is 0 Å². The van der Waals surface area contributed by atoms with Crippen molar-refractivity contribution >= 4 is 35.0 Å². The van der Waals surface area contributed by atoms with Gasteiger partial charge in [0.25, 0.3) is 5.91 Å². The number of ether oxygens (including phenoxy) is 2. The number of hydrogen-bond acceptors (Lipinski definition) is 6. The molecule has 2 heterocycles. The number of halogens is 2. The Labute approximate surface area is 235 Å². The number of nitrogens with zero attached hydrogens (tertiary/aromatic N) is 2. The van der Waals surface area contributed by atoms with Gasteiger partial charge in [-0.05, 0) is 47.4 Å². The summed E-state index contributed by atoms with van der Waals surface area (Å²) < 4.78 is 16.1. The van der Waals surface area contributed by atoms with Crippen molar-refractivity contribution in [3.05, 3.63) is 111 Å². The summed E-state index contributed by atoms with van der Waals surface area (Å²) in [5, 5.41) is 7.58. The van der Waals surface area contributed by atoms with Crippen LogP contribution in [0.25, 0.3) is 0 Å². The molecule has 5 rings (SSSR count). The zero-order valence-electron chi connectivity index (χ0n) is 20.9. The van der Waals surface area contributed by atoms with E-state index in [0.29, 0.717) is 40.1 Å². The van der Waals surface area contributed by atoms with Crippen molar-refractivity contribution in [2.45, 2.75) is 32.5 Å². The van der Waals surface area contributed by atoms with E-state index in [9.17, 15) is 9.59 Å². The number of carbonyl (C=O) groups is 2. The summed E-state index contributed by atoms with van der Waals surface area (Å²) in [7, 11) is 0. The first kappa shape index (κ1) is 26.6. The Balaban J connectivity index is 1.24. The van der Waals surface area contributed by atoms with Gasteiger partial charge in [-0.1, -0.05) is 70.8 Å². The molecule has 1 aromatic heterocycles. The maximum Gasteiger partial charge on any atom is 0.273 e. The number of nitrogens with one attached hydrogen (secondary N) is 1. The van der Waals surface area contributed by atoms with Gasteiger partial charge in [-0.2, -0.15) is 0 Å². The summed E-state index contributed by atoms with van der Waals surface area (Å²) in [4.78, 5) is 27.6. The summed E-state index contributed by atoms with van der Waals surface area (Å²) in [6, 6.07) is 22.1. The van der Waals surface area contributed by atoms with Crippen LogP contribution in [0.5, 0.6) is 11.5 Å². The molecule has 0 saturated heterocycles. The highest BCUT2D eigenvalue weighted by Gasteiger charge is 2.20. The second kappa shape index (κ2) is 12.2. The molecule has 0 aliphatic carbocycles. The monoisotopic (exact) mass is 565 g/mol. The van der Waals surface area contributed by atoms with E-state index >= 15 is 0 Å². The maximum absolute atomic E-state index is 13.3. The first-order chi connectivity index (χ1) is 18.9. The van der Waals surface area contributed by atoms with E-state index in [2.05, 4.69) is 10.5 Å². The van der Waals surface area contributed by atoms with Gasteiger partial charge in [0.05, 0.1) is 16.6 Å². The van der Waals surface area contributed by atoms with Crippen molar-refractivity contribution in [1.29, 1.82) is 0 Å². The van der Waals surface area contributed by atoms with E-state index in [4.69, 9.17) is 37.2 Å². The second-order valence-electron chi connectivity index (χ2n) is 9.03. The van der Waals surface area contributed by atoms with Gasteiger partial charge in [-0.25, -0.2) is 0 Å². The van der Waals surface area contributed by atoms with Gasteiger partial charge < -0.3 is 24.2 Å². The van der Waals surface area contributed by atoms with E-state index in [1.165, 1.54) is 0 Å². The van der Waals surface area contributed by atoms with Crippen molar-refractivity contribution < 1.29 is 23.6 Å². The summed E-state index contributed by atoms with van der Waals surface area (Å²) in [5.41, 5.74) is 2.87. The van der Waals surface area contributed by atoms with Crippen LogP contribution in [0.15, 0.2) is 77.3 Å². The van der Waals surface area contributed by atoms with E-state index < -0.39 is 5.91 Å². The van der Waals surface area contributed by atoms with Crippen LogP contribution in [0.2, 0.25) is 10.0 Å². The SMILES string of the molecule is O=C(NCc1ccc2c(c1)OCO2)c1cc(CN(Cc2ccc(Cl)c(Cl)c2)C(=O)CCc2ccccc2)on1. The molecule has 0 spiro atoms. The zero-order valence-corrected chi connectivity index (χ0v) is 22.4. The number of fused-ring (bicyclic) bond motifs is 1. The van der Waals surface area contributed by atoms with E-state index in [0.717, 1.165) is 16.7 Å². The van der Waals surface area contributed by atoms with Gasteiger partial charge in [-0.3, -0.25) is 9.59 Å². The molecule has 2 amide bonds. The third-order valence-electron chi connectivity index (χ3n) is 6.21. The van der Waals surface area contributed by atoms with Crippen LogP contribution >= 0.6 is 23.2 Å². The molecule has 0 bridgehead atoms. The Hall–Kier alpha value is -4.01. The summed E-state index contributed by atoms with van der Waals surface area (Å²) in [6.45, 7) is 0.885. The molecule has 1 N–H and O–H groups in total. The van der Waals surface area contributed by atoms with Crippen LogP contribution in [0.1, 0.15) is 39.4 Å². The number of hydrogen-bond donors (Lipinski definition) is 1. The molecule has 0 fully saturated rings. The Bertz CT molecular complexity index is 1480. The van der Waals surface area contributed by atoms with Crippen molar-refractivity contribution in [2.75, 3.05) is 6.79 Å². The van der Waals surface area contributed by atoms with Crippen molar-refractivity contribution in [3.8, 4) is 11.5 Å². The topological polar surface area (TPSA) is 93.9 Å². The molecule has 0 atom stereocenters. The molecule has 39 heavy (non-hydrogen) atoms. The molecule has 10 heteroatoms.